The van der Waals surface area contributed by atoms with Gasteiger partial charge in [0.25, 0.3) is 0 Å². The van der Waals surface area contributed by atoms with Gasteiger partial charge in [0.05, 0.1) is 8.07 Å². The Morgan fingerprint density at radius 3 is 2.20 bits per heavy atom. The molecule has 0 spiro atoms. The van der Waals surface area contributed by atoms with E-state index in [1.807, 2.05) is 30.3 Å². The van der Waals surface area contributed by atoms with Gasteiger partial charge in [0.15, 0.2) is 0 Å². The molecule has 2 atom stereocenters. The van der Waals surface area contributed by atoms with Gasteiger partial charge in [-0.3, -0.25) is 4.21 Å². The van der Waals surface area contributed by atoms with Crippen LogP contribution in [0.1, 0.15) is 11.1 Å². The van der Waals surface area contributed by atoms with Gasteiger partial charge in [-0.2, -0.15) is 0 Å². The van der Waals surface area contributed by atoms with Gasteiger partial charge < -0.3 is 4.55 Å². The fourth-order valence-electron chi connectivity index (χ4n) is 1.67. The summed E-state index contributed by atoms with van der Waals surface area (Å²) in [6.07, 6.45) is 0. The average Bonchev–Trinajstić information content (AvgIpc) is 2.14. The number of benzene rings is 1. The molecular weight excluding hydrogens is 224 g/mol. The third kappa shape index (κ3) is 3.89. The van der Waals surface area contributed by atoms with Crippen molar-refractivity contribution in [1.82, 2.24) is 0 Å². The standard InChI is InChI=1S/C11H18O2SSi/c1-15(2,3)11(9-14(12)13)10-7-5-4-6-8-10/h4-8,11H,9H2,1-3H3,(H,12,13)/p-1. The lowest BCUT2D eigenvalue weighted by Crippen LogP contribution is -2.34. The third-order valence-electron chi connectivity index (χ3n) is 2.55. The highest BCUT2D eigenvalue weighted by Crippen LogP contribution is 2.27. The molecule has 0 amide bonds. The highest BCUT2D eigenvalue weighted by atomic mass is 32.2. The fraction of sp³-hybridized carbons (Fsp3) is 0.455. The molecule has 84 valence electrons. The second kappa shape index (κ2) is 5.05. The summed E-state index contributed by atoms with van der Waals surface area (Å²) in [6, 6.07) is 9.94. The van der Waals surface area contributed by atoms with E-state index in [9.17, 15) is 8.76 Å². The van der Waals surface area contributed by atoms with Gasteiger partial charge in [0, 0.05) is 5.75 Å². The quantitative estimate of drug-likeness (QED) is 0.600. The Morgan fingerprint density at radius 1 is 1.27 bits per heavy atom. The zero-order valence-corrected chi connectivity index (χ0v) is 11.2. The van der Waals surface area contributed by atoms with Crippen LogP contribution in [0.25, 0.3) is 0 Å². The van der Waals surface area contributed by atoms with Crippen LogP contribution < -0.4 is 0 Å². The second-order valence-electron chi connectivity index (χ2n) is 4.80. The normalized spacial score (nSPS) is 16.0. The van der Waals surface area contributed by atoms with Gasteiger partial charge in [0.2, 0.25) is 0 Å². The van der Waals surface area contributed by atoms with Crippen LogP contribution in [-0.2, 0) is 11.1 Å². The molecule has 15 heavy (non-hydrogen) atoms. The van der Waals surface area contributed by atoms with Crippen molar-refractivity contribution >= 4 is 19.2 Å². The molecule has 0 heterocycles. The number of hydrogen-bond acceptors (Lipinski definition) is 2. The first kappa shape index (κ1) is 12.6. The minimum atomic E-state index is -1.96. The summed E-state index contributed by atoms with van der Waals surface area (Å²) in [5.41, 5.74) is 1.35. The van der Waals surface area contributed by atoms with E-state index in [1.165, 1.54) is 0 Å². The lowest BCUT2D eigenvalue weighted by molar-refractivity contribution is 0.535. The molecule has 0 bridgehead atoms. The van der Waals surface area contributed by atoms with Crippen molar-refractivity contribution in [2.45, 2.75) is 25.2 Å². The summed E-state index contributed by atoms with van der Waals surface area (Å²) >= 11 is -1.96. The van der Waals surface area contributed by atoms with E-state index in [1.54, 1.807) is 0 Å². The van der Waals surface area contributed by atoms with Crippen LogP contribution in [0.5, 0.6) is 0 Å². The molecule has 0 N–H and O–H groups in total. The average molecular weight is 241 g/mol. The molecule has 0 aliphatic rings. The van der Waals surface area contributed by atoms with Crippen LogP contribution in [0.2, 0.25) is 19.6 Å². The van der Waals surface area contributed by atoms with Crippen LogP contribution in [0.15, 0.2) is 30.3 Å². The first-order valence-electron chi connectivity index (χ1n) is 5.02. The molecule has 0 aliphatic heterocycles. The molecular formula is C11H17O2SSi-. The molecule has 0 aliphatic carbocycles. The summed E-state index contributed by atoms with van der Waals surface area (Å²) < 4.78 is 21.7. The zero-order valence-electron chi connectivity index (χ0n) is 9.40. The summed E-state index contributed by atoms with van der Waals surface area (Å²) in [5.74, 6) is 0.250. The summed E-state index contributed by atoms with van der Waals surface area (Å²) in [6.45, 7) is 6.62. The molecule has 2 nitrogen and oxygen atoms in total. The minimum absolute atomic E-state index is 0.192. The molecule has 4 heteroatoms. The first-order chi connectivity index (χ1) is 6.91. The molecule has 0 aromatic heterocycles. The number of hydrogen-bond donors (Lipinski definition) is 0. The van der Waals surface area contributed by atoms with Crippen molar-refractivity contribution in [3.63, 3.8) is 0 Å². The van der Waals surface area contributed by atoms with E-state index >= 15 is 0 Å². The largest absolute Gasteiger partial charge is 0.772 e. The zero-order chi connectivity index (χ0) is 11.5. The Bertz CT molecular complexity index is 332. The van der Waals surface area contributed by atoms with Gasteiger partial charge in [-0.15, -0.1) is 0 Å². The highest BCUT2D eigenvalue weighted by molar-refractivity contribution is 7.79. The lowest BCUT2D eigenvalue weighted by Gasteiger charge is -2.30. The molecule has 1 rings (SSSR count). The van der Waals surface area contributed by atoms with Gasteiger partial charge in [-0.1, -0.05) is 61.1 Å². The van der Waals surface area contributed by atoms with Crippen molar-refractivity contribution < 1.29 is 8.76 Å². The molecule has 0 saturated carbocycles. The summed E-state index contributed by atoms with van der Waals surface area (Å²) in [7, 11) is -1.48. The predicted molar refractivity (Wildman–Crippen MR) is 66.3 cm³/mol. The van der Waals surface area contributed by atoms with Crippen LogP contribution in [0.4, 0.5) is 0 Å². The Balaban J connectivity index is 2.97. The monoisotopic (exact) mass is 241 g/mol. The summed E-state index contributed by atoms with van der Waals surface area (Å²) in [4.78, 5) is 0. The van der Waals surface area contributed by atoms with E-state index in [-0.39, 0.29) is 11.3 Å². The molecule has 0 saturated heterocycles. The van der Waals surface area contributed by atoms with Crippen molar-refractivity contribution in [2.75, 3.05) is 5.75 Å². The molecule has 1 aromatic rings. The third-order valence-corrected chi connectivity index (χ3v) is 6.08. The van der Waals surface area contributed by atoms with Crippen LogP contribution in [0, 0.1) is 0 Å². The Labute approximate surface area is 95.0 Å². The first-order valence-corrected chi connectivity index (χ1v) is 9.84. The molecule has 0 fully saturated rings. The van der Waals surface area contributed by atoms with Crippen LogP contribution in [0.3, 0.4) is 0 Å². The Morgan fingerprint density at radius 2 is 1.80 bits per heavy atom. The predicted octanol–water partition coefficient (Wildman–Crippen LogP) is 2.53. The molecule has 0 radical (unpaired) electrons. The SMILES string of the molecule is C[Si](C)(C)C(CS(=O)[O-])c1ccccc1. The van der Waals surface area contributed by atoms with Crippen molar-refractivity contribution in [1.29, 1.82) is 0 Å². The second-order valence-corrected chi connectivity index (χ2v) is 11.2. The maximum atomic E-state index is 10.9. The minimum Gasteiger partial charge on any atom is -0.772 e. The van der Waals surface area contributed by atoms with Crippen molar-refractivity contribution in [3.05, 3.63) is 35.9 Å². The van der Waals surface area contributed by atoms with E-state index in [2.05, 4.69) is 19.6 Å². The maximum absolute atomic E-state index is 10.9. The fourth-order valence-corrected chi connectivity index (χ4v) is 5.73. The molecule has 2 unspecified atom stereocenters. The number of rotatable bonds is 4. The van der Waals surface area contributed by atoms with E-state index in [0.29, 0.717) is 0 Å². The van der Waals surface area contributed by atoms with Gasteiger partial charge in [0.1, 0.15) is 0 Å². The van der Waals surface area contributed by atoms with Crippen molar-refractivity contribution in [2.24, 2.45) is 0 Å². The van der Waals surface area contributed by atoms with Gasteiger partial charge in [-0.05, 0) is 11.1 Å². The Hall–Kier alpha value is -0.453. The molecule has 1 aromatic carbocycles. The Kier molecular flexibility index (Phi) is 4.25. The summed E-state index contributed by atoms with van der Waals surface area (Å²) in [5, 5.41) is 0. The van der Waals surface area contributed by atoms with Crippen molar-refractivity contribution in [3.8, 4) is 0 Å². The topological polar surface area (TPSA) is 40.1 Å². The smallest absolute Gasteiger partial charge is 0.0532 e. The van der Waals surface area contributed by atoms with E-state index < -0.39 is 19.2 Å². The van der Waals surface area contributed by atoms with E-state index in [4.69, 9.17) is 0 Å². The highest BCUT2D eigenvalue weighted by Gasteiger charge is 2.27. The van der Waals surface area contributed by atoms with Gasteiger partial charge >= 0.3 is 0 Å². The maximum Gasteiger partial charge on any atom is 0.0532 e. The van der Waals surface area contributed by atoms with Crippen LogP contribution >= 0.6 is 0 Å². The van der Waals surface area contributed by atoms with Crippen LogP contribution in [-0.4, -0.2) is 22.6 Å². The lowest BCUT2D eigenvalue weighted by atomic mass is 10.2. The van der Waals surface area contributed by atoms with Gasteiger partial charge in [-0.25, -0.2) is 0 Å². The van der Waals surface area contributed by atoms with E-state index in [0.717, 1.165) is 5.56 Å².